The van der Waals surface area contributed by atoms with Crippen LogP contribution in [0.5, 0.6) is 0 Å². The summed E-state index contributed by atoms with van der Waals surface area (Å²) in [4.78, 5) is 29.6. The third-order valence-corrected chi connectivity index (χ3v) is 4.65. The summed E-state index contributed by atoms with van der Waals surface area (Å²) < 4.78 is 5.23. The second-order valence-corrected chi connectivity index (χ2v) is 7.14. The molecule has 0 saturated carbocycles. The Bertz CT molecular complexity index is 1230. The molecule has 0 atom stereocenters. The number of nitrogens with zero attached hydrogens (tertiary/aromatic N) is 3. The van der Waals surface area contributed by atoms with Crippen molar-refractivity contribution in [2.24, 2.45) is 0 Å². The SMILES string of the molecule is Cc1noc2nc(C(C)C)cc(C(=O)NNC(=O)c3cc(-c4ccccc4)n[nH]3)c12. The van der Waals surface area contributed by atoms with E-state index in [-0.39, 0.29) is 17.3 Å². The summed E-state index contributed by atoms with van der Waals surface area (Å²) in [6.07, 6.45) is 0. The van der Waals surface area contributed by atoms with Crippen LogP contribution in [-0.2, 0) is 0 Å². The van der Waals surface area contributed by atoms with Gasteiger partial charge in [0.1, 0.15) is 5.69 Å². The number of aromatic nitrogens is 4. The Kier molecular flexibility index (Phi) is 5.01. The van der Waals surface area contributed by atoms with Crippen molar-refractivity contribution >= 4 is 22.9 Å². The van der Waals surface area contributed by atoms with Crippen molar-refractivity contribution in [2.75, 3.05) is 0 Å². The number of amides is 2. The zero-order chi connectivity index (χ0) is 21.3. The largest absolute Gasteiger partial charge is 0.336 e. The highest BCUT2D eigenvalue weighted by Crippen LogP contribution is 2.25. The van der Waals surface area contributed by atoms with Crippen LogP contribution in [0.25, 0.3) is 22.4 Å². The summed E-state index contributed by atoms with van der Waals surface area (Å²) in [5.74, 6) is -0.927. The first kappa shape index (κ1) is 19.3. The molecule has 0 aliphatic rings. The molecule has 0 unspecified atom stereocenters. The quantitative estimate of drug-likeness (QED) is 0.449. The second kappa shape index (κ2) is 7.78. The molecule has 3 N–H and O–H groups in total. The maximum atomic E-state index is 12.8. The first-order valence-electron chi connectivity index (χ1n) is 9.42. The van der Waals surface area contributed by atoms with Gasteiger partial charge in [-0.1, -0.05) is 49.3 Å². The second-order valence-electron chi connectivity index (χ2n) is 7.14. The Morgan fingerprint density at radius 3 is 2.53 bits per heavy atom. The third-order valence-electron chi connectivity index (χ3n) is 4.65. The topological polar surface area (TPSA) is 126 Å². The van der Waals surface area contributed by atoms with Crippen LogP contribution in [-0.4, -0.2) is 32.2 Å². The van der Waals surface area contributed by atoms with Crippen LogP contribution in [0.3, 0.4) is 0 Å². The maximum Gasteiger partial charge on any atom is 0.287 e. The number of pyridine rings is 1. The molecule has 4 aromatic rings. The molecule has 0 aliphatic carbocycles. The highest BCUT2D eigenvalue weighted by Gasteiger charge is 2.20. The van der Waals surface area contributed by atoms with E-state index in [4.69, 9.17) is 4.52 Å². The van der Waals surface area contributed by atoms with Crippen LogP contribution in [0.1, 0.15) is 52.0 Å². The molecule has 9 heteroatoms. The zero-order valence-corrected chi connectivity index (χ0v) is 16.7. The Labute approximate surface area is 171 Å². The van der Waals surface area contributed by atoms with Crippen LogP contribution in [0, 0.1) is 6.92 Å². The number of hydrogen-bond donors (Lipinski definition) is 3. The Balaban J connectivity index is 1.52. The van der Waals surface area contributed by atoms with Crippen LogP contribution < -0.4 is 10.9 Å². The molecule has 4 rings (SSSR count). The number of fused-ring (bicyclic) bond motifs is 1. The predicted octanol–water partition coefficient (Wildman–Crippen LogP) is 3.12. The lowest BCUT2D eigenvalue weighted by Crippen LogP contribution is -2.42. The van der Waals surface area contributed by atoms with Crippen LogP contribution in [0.15, 0.2) is 47.0 Å². The van der Waals surface area contributed by atoms with E-state index in [0.717, 1.165) is 5.56 Å². The first-order valence-corrected chi connectivity index (χ1v) is 9.42. The number of carbonyl (C=O) groups is 2. The van der Waals surface area contributed by atoms with Crippen molar-refractivity contribution in [3.05, 3.63) is 65.1 Å². The molecule has 0 radical (unpaired) electrons. The average Bonchev–Trinajstić information content (AvgIpc) is 3.39. The summed E-state index contributed by atoms with van der Waals surface area (Å²) in [7, 11) is 0. The zero-order valence-electron chi connectivity index (χ0n) is 16.7. The van der Waals surface area contributed by atoms with Gasteiger partial charge in [-0.3, -0.25) is 25.5 Å². The molecule has 0 saturated heterocycles. The molecule has 2 amide bonds. The maximum absolute atomic E-state index is 12.8. The lowest BCUT2D eigenvalue weighted by Gasteiger charge is -2.10. The Morgan fingerprint density at radius 1 is 1.07 bits per heavy atom. The minimum atomic E-state index is -0.519. The first-order chi connectivity index (χ1) is 14.4. The van der Waals surface area contributed by atoms with Gasteiger partial charge < -0.3 is 4.52 Å². The smallest absolute Gasteiger partial charge is 0.287 e. The van der Waals surface area contributed by atoms with Crippen molar-refractivity contribution in [3.63, 3.8) is 0 Å². The van der Waals surface area contributed by atoms with Gasteiger partial charge in [-0.15, -0.1) is 0 Å². The van der Waals surface area contributed by atoms with Gasteiger partial charge >= 0.3 is 0 Å². The summed E-state index contributed by atoms with van der Waals surface area (Å²) >= 11 is 0. The van der Waals surface area contributed by atoms with E-state index in [1.807, 2.05) is 44.2 Å². The van der Waals surface area contributed by atoms with E-state index in [2.05, 4.69) is 31.2 Å². The fourth-order valence-electron chi connectivity index (χ4n) is 3.03. The van der Waals surface area contributed by atoms with Gasteiger partial charge in [-0.2, -0.15) is 5.10 Å². The van der Waals surface area contributed by atoms with Gasteiger partial charge in [0.25, 0.3) is 17.5 Å². The van der Waals surface area contributed by atoms with Gasteiger partial charge in [-0.25, -0.2) is 4.98 Å². The molecular formula is C21H20N6O3. The monoisotopic (exact) mass is 404 g/mol. The molecule has 0 aliphatic heterocycles. The minimum Gasteiger partial charge on any atom is -0.336 e. The number of benzene rings is 1. The highest BCUT2D eigenvalue weighted by molar-refractivity contribution is 6.07. The number of hydrazine groups is 1. The van der Waals surface area contributed by atoms with E-state index < -0.39 is 11.8 Å². The molecule has 3 aromatic heterocycles. The predicted molar refractivity (Wildman–Crippen MR) is 110 cm³/mol. The van der Waals surface area contributed by atoms with Crippen LogP contribution in [0.4, 0.5) is 0 Å². The van der Waals surface area contributed by atoms with Gasteiger partial charge in [-0.05, 0) is 25.0 Å². The molecule has 3 heterocycles. The number of aryl methyl sites for hydroxylation is 1. The number of rotatable bonds is 4. The third kappa shape index (κ3) is 3.64. The van der Waals surface area contributed by atoms with E-state index in [1.54, 1.807) is 19.1 Å². The fourth-order valence-corrected chi connectivity index (χ4v) is 3.03. The van der Waals surface area contributed by atoms with E-state index in [9.17, 15) is 9.59 Å². The molecule has 30 heavy (non-hydrogen) atoms. The van der Waals surface area contributed by atoms with Crippen molar-refractivity contribution in [3.8, 4) is 11.3 Å². The van der Waals surface area contributed by atoms with Gasteiger partial charge in [0, 0.05) is 11.3 Å². The van der Waals surface area contributed by atoms with E-state index in [0.29, 0.717) is 28.0 Å². The molecule has 0 bridgehead atoms. The molecule has 0 spiro atoms. The Hall–Kier alpha value is -4.01. The average molecular weight is 404 g/mol. The molecule has 1 aromatic carbocycles. The minimum absolute atomic E-state index is 0.0855. The molecule has 0 fully saturated rings. The lowest BCUT2D eigenvalue weighted by atomic mass is 10.0. The molecular weight excluding hydrogens is 384 g/mol. The highest BCUT2D eigenvalue weighted by atomic mass is 16.5. The summed E-state index contributed by atoms with van der Waals surface area (Å²) in [6.45, 7) is 5.65. The van der Waals surface area contributed by atoms with Gasteiger partial charge in [0.05, 0.1) is 22.3 Å². The van der Waals surface area contributed by atoms with Crippen molar-refractivity contribution < 1.29 is 14.1 Å². The number of hydrogen-bond acceptors (Lipinski definition) is 6. The summed E-state index contributed by atoms with van der Waals surface area (Å²) in [5, 5.41) is 11.2. The lowest BCUT2D eigenvalue weighted by molar-refractivity contribution is 0.0844. The van der Waals surface area contributed by atoms with Crippen LogP contribution >= 0.6 is 0 Å². The standard InChI is InChI=1S/C21H20N6O3/c1-11(2)15-9-14(18-12(3)27-30-21(18)22-15)19(28)25-26-20(29)17-10-16(23-24-17)13-7-5-4-6-8-13/h4-11H,1-3H3,(H,23,24)(H,25,28)(H,26,29). The van der Waals surface area contributed by atoms with Crippen molar-refractivity contribution in [2.45, 2.75) is 26.7 Å². The number of carbonyl (C=O) groups excluding carboxylic acids is 2. The number of H-pyrrole nitrogens is 1. The molecule has 9 nitrogen and oxygen atoms in total. The summed E-state index contributed by atoms with van der Waals surface area (Å²) in [6, 6.07) is 12.8. The number of nitrogens with one attached hydrogen (secondary N) is 3. The van der Waals surface area contributed by atoms with Crippen molar-refractivity contribution in [1.29, 1.82) is 0 Å². The number of aromatic amines is 1. The van der Waals surface area contributed by atoms with E-state index in [1.165, 1.54) is 0 Å². The van der Waals surface area contributed by atoms with Gasteiger partial charge in [0.2, 0.25) is 0 Å². The van der Waals surface area contributed by atoms with Crippen LogP contribution in [0.2, 0.25) is 0 Å². The van der Waals surface area contributed by atoms with Gasteiger partial charge in [0.15, 0.2) is 0 Å². The van der Waals surface area contributed by atoms with Crippen molar-refractivity contribution in [1.82, 2.24) is 31.2 Å². The Morgan fingerprint density at radius 2 is 1.80 bits per heavy atom. The normalized spacial score (nSPS) is 11.1. The molecule has 152 valence electrons. The fraction of sp³-hybridized carbons (Fsp3) is 0.190. The summed E-state index contributed by atoms with van der Waals surface area (Å²) in [5.41, 5.74) is 8.43. The van der Waals surface area contributed by atoms with E-state index >= 15 is 0 Å².